The first kappa shape index (κ1) is 63.7. The number of carbonyl (C=O) groups excluding carboxylic acids is 7. The normalized spacial score (nSPS) is 15.5. The predicted molar refractivity (Wildman–Crippen MR) is 265 cm³/mol. The van der Waals surface area contributed by atoms with Crippen molar-refractivity contribution in [1.29, 1.82) is 0 Å². The second-order valence-electron chi connectivity index (χ2n) is 18.6. The Bertz CT molecular complexity index is 1810. The van der Waals surface area contributed by atoms with Gasteiger partial charge in [0.1, 0.15) is 11.6 Å². The molecule has 3 amide bonds. The Morgan fingerprint density at radius 2 is 1.31 bits per heavy atom. The van der Waals surface area contributed by atoms with Crippen LogP contribution >= 0.6 is 0 Å². The molecule has 18 nitrogen and oxygen atoms in total. The highest BCUT2D eigenvalue weighted by Crippen LogP contribution is 2.31. The van der Waals surface area contributed by atoms with Crippen LogP contribution in [0.25, 0.3) is 0 Å². The SMILES string of the molecule is CC(=O)CCOCCOCCCC(=O)[C@H](CCC(=O)O)NC(=O)CC[C@H](CC(=O)C1CCC(CNC(=O)CCCC(=O)O)CC1)C(=O)O.CCCCc1ccc(C(=O)CCCCC[C@H](CC)C(N)=O)cc1. The number of ether oxygens (including phenoxy) is 2. The molecule has 1 aliphatic carbocycles. The number of carboxylic acids is 3. The summed E-state index contributed by atoms with van der Waals surface area (Å²) in [6, 6.07) is 6.99. The number of Topliss-reactive ketones (excluding diaryl/α,β-unsaturated/α-hetero) is 4. The van der Waals surface area contributed by atoms with Crippen LogP contribution in [0.5, 0.6) is 0 Å². The van der Waals surface area contributed by atoms with Crippen LogP contribution in [0.4, 0.5) is 0 Å². The van der Waals surface area contributed by atoms with E-state index in [1.165, 1.54) is 25.3 Å². The van der Waals surface area contributed by atoms with E-state index in [0.717, 1.165) is 44.1 Å². The summed E-state index contributed by atoms with van der Waals surface area (Å²) < 4.78 is 10.7. The lowest BCUT2D eigenvalue weighted by Gasteiger charge is -2.28. The van der Waals surface area contributed by atoms with Crippen molar-refractivity contribution in [2.75, 3.05) is 33.0 Å². The molecule has 1 aromatic rings. The third kappa shape index (κ3) is 31.6. The number of carboxylic acid groups (broad SMARTS) is 3. The van der Waals surface area contributed by atoms with E-state index < -0.39 is 35.8 Å². The van der Waals surface area contributed by atoms with E-state index in [0.29, 0.717) is 64.7 Å². The van der Waals surface area contributed by atoms with Gasteiger partial charge in [-0.3, -0.25) is 47.9 Å². The molecule has 0 bridgehead atoms. The second kappa shape index (κ2) is 38.3. The molecule has 2 rings (SSSR count). The molecule has 400 valence electrons. The standard InChI is InChI=1S/C33H52N2O13.C20H31NO2/c1-22(36)15-17-48-19-18-47-16-3-4-27(37)26(12-14-32(43)44)35-30(40)13-11-25(33(45)46)20-28(38)24-9-7-23(8-10-24)21-34-29(39)5-2-6-31(41)42;1-3-5-9-16-12-14-18(15-13-16)19(22)11-8-6-7-10-17(4-2)20(21)23/h23-26H,2-21H2,1H3,(H,34,39)(H,35,40)(H,41,42)(H,43,44)(H,45,46);12-15,17H,3-11H2,1-2H3,(H2,21,23)/t23?,24?,25-,26+;17-/m10/s1. The Morgan fingerprint density at radius 3 is 1.90 bits per heavy atom. The van der Waals surface area contributed by atoms with E-state index in [4.69, 9.17) is 25.4 Å². The van der Waals surface area contributed by atoms with Crippen molar-refractivity contribution < 1.29 is 72.7 Å². The highest BCUT2D eigenvalue weighted by atomic mass is 16.5. The van der Waals surface area contributed by atoms with Gasteiger partial charge in [-0.25, -0.2) is 0 Å². The molecular formula is C53H83N3O15. The van der Waals surface area contributed by atoms with Gasteiger partial charge in [0.05, 0.1) is 31.8 Å². The number of rotatable bonds is 40. The van der Waals surface area contributed by atoms with Crippen molar-refractivity contribution in [3.05, 3.63) is 35.4 Å². The van der Waals surface area contributed by atoms with Crippen molar-refractivity contribution in [2.24, 2.45) is 29.4 Å². The molecule has 71 heavy (non-hydrogen) atoms. The van der Waals surface area contributed by atoms with Gasteiger partial charge >= 0.3 is 17.9 Å². The predicted octanol–water partition coefficient (Wildman–Crippen LogP) is 6.99. The molecule has 0 radical (unpaired) electrons. The van der Waals surface area contributed by atoms with Gasteiger partial charge in [-0.05, 0) is 102 Å². The Balaban J connectivity index is 0.000000911. The number of amides is 3. The zero-order valence-corrected chi connectivity index (χ0v) is 42.5. The zero-order valence-electron chi connectivity index (χ0n) is 42.5. The molecule has 0 spiro atoms. The second-order valence-corrected chi connectivity index (χ2v) is 18.6. The molecule has 1 aromatic carbocycles. The average molecular weight is 1000 g/mol. The number of hydrogen-bond acceptors (Lipinski definition) is 12. The van der Waals surface area contributed by atoms with Gasteiger partial charge in [0, 0.05) is 81.9 Å². The minimum Gasteiger partial charge on any atom is -0.481 e. The van der Waals surface area contributed by atoms with Crippen LogP contribution in [0.15, 0.2) is 24.3 Å². The van der Waals surface area contributed by atoms with Gasteiger partial charge in [-0.2, -0.15) is 0 Å². The zero-order chi connectivity index (χ0) is 53.0. The van der Waals surface area contributed by atoms with Crippen molar-refractivity contribution in [2.45, 2.75) is 181 Å². The van der Waals surface area contributed by atoms with E-state index in [1.54, 1.807) is 0 Å². The molecule has 0 saturated heterocycles. The first-order chi connectivity index (χ1) is 33.9. The van der Waals surface area contributed by atoms with Crippen LogP contribution in [0, 0.1) is 23.7 Å². The molecule has 18 heteroatoms. The number of unbranched alkanes of at least 4 members (excludes halogenated alkanes) is 3. The van der Waals surface area contributed by atoms with Gasteiger partial charge < -0.3 is 41.2 Å². The lowest BCUT2D eigenvalue weighted by Crippen LogP contribution is -2.41. The summed E-state index contributed by atoms with van der Waals surface area (Å²) in [6.45, 7) is 7.19. The van der Waals surface area contributed by atoms with Crippen molar-refractivity contribution in [1.82, 2.24) is 10.6 Å². The van der Waals surface area contributed by atoms with Crippen LogP contribution in [-0.4, -0.2) is 113 Å². The number of primary amides is 1. The third-order valence-electron chi connectivity index (χ3n) is 12.7. The summed E-state index contributed by atoms with van der Waals surface area (Å²) in [5, 5.41) is 32.8. The molecule has 7 N–H and O–H groups in total. The molecule has 1 fully saturated rings. The summed E-state index contributed by atoms with van der Waals surface area (Å²) in [5.74, 6) is -5.90. The topological polar surface area (TPSA) is 300 Å². The first-order valence-electron chi connectivity index (χ1n) is 25.7. The molecule has 0 aliphatic heterocycles. The Hall–Kier alpha value is -5.36. The first-order valence-corrected chi connectivity index (χ1v) is 25.7. The highest BCUT2D eigenvalue weighted by Gasteiger charge is 2.31. The number of carbonyl (C=O) groups is 10. The van der Waals surface area contributed by atoms with Crippen molar-refractivity contribution in [3.63, 3.8) is 0 Å². The molecule has 1 aliphatic rings. The number of hydrogen-bond donors (Lipinski definition) is 6. The Morgan fingerprint density at radius 1 is 0.648 bits per heavy atom. The number of nitrogens with one attached hydrogen (secondary N) is 2. The minimum absolute atomic E-state index is 0.0126. The van der Waals surface area contributed by atoms with E-state index in [2.05, 4.69) is 29.7 Å². The quantitative estimate of drug-likeness (QED) is 0.0285. The van der Waals surface area contributed by atoms with Gasteiger partial charge in [0.2, 0.25) is 17.7 Å². The Labute approximate surface area is 419 Å². The maximum atomic E-state index is 12.9. The van der Waals surface area contributed by atoms with Gasteiger partial charge in [-0.1, -0.05) is 57.4 Å². The van der Waals surface area contributed by atoms with Crippen LogP contribution in [0.1, 0.15) is 184 Å². The molecule has 0 aromatic heterocycles. The molecular weight excluding hydrogens is 919 g/mol. The fraction of sp³-hybridized carbons (Fsp3) is 0.698. The fourth-order valence-corrected chi connectivity index (χ4v) is 8.15. The van der Waals surface area contributed by atoms with E-state index in [1.807, 2.05) is 19.1 Å². The Kier molecular flexibility index (Phi) is 34.4. The monoisotopic (exact) mass is 1000 g/mol. The number of nitrogens with two attached hydrogens (primary N) is 1. The van der Waals surface area contributed by atoms with E-state index >= 15 is 0 Å². The van der Waals surface area contributed by atoms with Crippen LogP contribution in [0.2, 0.25) is 0 Å². The molecule has 0 heterocycles. The third-order valence-corrected chi connectivity index (χ3v) is 12.7. The summed E-state index contributed by atoms with van der Waals surface area (Å²) in [6.07, 6.45) is 10.9. The van der Waals surface area contributed by atoms with Crippen LogP contribution < -0.4 is 16.4 Å². The minimum atomic E-state index is -1.21. The summed E-state index contributed by atoms with van der Waals surface area (Å²) in [7, 11) is 0. The van der Waals surface area contributed by atoms with Crippen molar-refractivity contribution in [3.8, 4) is 0 Å². The maximum absolute atomic E-state index is 12.9. The van der Waals surface area contributed by atoms with Gasteiger partial charge in [-0.15, -0.1) is 0 Å². The smallest absolute Gasteiger partial charge is 0.306 e. The number of benzene rings is 1. The number of aryl methyl sites for hydroxylation is 1. The lowest BCUT2D eigenvalue weighted by molar-refractivity contribution is -0.145. The number of ketones is 4. The fourth-order valence-electron chi connectivity index (χ4n) is 8.15. The lowest BCUT2D eigenvalue weighted by atomic mass is 9.78. The van der Waals surface area contributed by atoms with Gasteiger partial charge in [0.25, 0.3) is 0 Å². The van der Waals surface area contributed by atoms with Crippen LogP contribution in [0.3, 0.4) is 0 Å². The summed E-state index contributed by atoms with van der Waals surface area (Å²) in [5.41, 5.74) is 7.46. The molecule has 3 atom stereocenters. The molecule has 1 saturated carbocycles. The average Bonchev–Trinajstić information content (AvgIpc) is 3.33. The molecule has 0 unspecified atom stereocenters. The van der Waals surface area contributed by atoms with Crippen molar-refractivity contribution >= 4 is 58.8 Å². The van der Waals surface area contributed by atoms with E-state index in [9.17, 15) is 53.1 Å². The van der Waals surface area contributed by atoms with E-state index in [-0.39, 0.29) is 124 Å². The summed E-state index contributed by atoms with van der Waals surface area (Å²) >= 11 is 0. The maximum Gasteiger partial charge on any atom is 0.306 e. The highest BCUT2D eigenvalue weighted by molar-refractivity contribution is 5.96. The largest absolute Gasteiger partial charge is 0.481 e. The van der Waals surface area contributed by atoms with Crippen LogP contribution in [-0.2, 0) is 59.0 Å². The van der Waals surface area contributed by atoms with Gasteiger partial charge in [0.15, 0.2) is 11.6 Å². The summed E-state index contributed by atoms with van der Waals surface area (Å²) in [4.78, 5) is 118. The number of aliphatic carboxylic acids is 3.